The third-order valence-electron chi connectivity index (χ3n) is 3.44. The summed E-state index contributed by atoms with van der Waals surface area (Å²) in [6.45, 7) is 3.54. The van der Waals surface area contributed by atoms with Crippen molar-refractivity contribution in [3.8, 4) is 0 Å². The van der Waals surface area contributed by atoms with E-state index >= 15 is 0 Å². The normalized spacial score (nSPS) is 18.3. The van der Waals surface area contributed by atoms with Crippen LogP contribution in [0.15, 0.2) is 24.3 Å². The van der Waals surface area contributed by atoms with Crippen molar-refractivity contribution in [2.75, 3.05) is 32.0 Å². The number of nitrogens with two attached hydrogens (primary N) is 1. The van der Waals surface area contributed by atoms with Crippen LogP contribution in [0.2, 0.25) is 0 Å². The van der Waals surface area contributed by atoms with E-state index in [4.69, 9.17) is 10.5 Å². The Morgan fingerprint density at radius 2 is 2.10 bits per heavy atom. The summed E-state index contributed by atoms with van der Waals surface area (Å²) in [7, 11) is 0. The van der Waals surface area contributed by atoms with Gasteiger partial charge in [-0.2, -0.15) is 0 Å². The van der Waals surface area contributed by atoms with Gasteiger partial charge in [0.05, 0.1) is 19.6 Å². The molecule has 114 valence electrons. The third-order valence-corrected chi connectivity index (χ3v) is 3.44. The number of amides is 2. The van der Waals surface area contributed by atoms with Gasteiger partial charge in [0.15, 0.2) is 0 Å². The molecular weight excluding hydrogens is 270 g/mol. The number of nitrogens with zero attached hydrogens (tertiary/aromatic N) is 1. The van der Waals surface area contributed by atoms with Crippen molar-refractivity contribution >= 4 is 17.5 Å². The Morgan fingerprint density at radius 3 is 2.76 bits per heavy atom. The molecule has 1 heterocycles. The van der Waals surface area contributed by atoms with Crippen LogP contribution in [0.5, 0.6) is 0 Å². The Morgan fingerprint density at radius 1 is 1.38 bits per heavy atom. The van der Waals surface area contributed by atoms with E-state index in [1.165, 1.54) is 0 Å². The van der Waals surface area contributed by atoms with E-state index in [2.05, 4.69) is 5.32 Å². The van der Waals surface area contributed by atoms with Gasteiger partial charge in [-0.1, -0.05) is 12.1 Å². The van der Waals surface area contributed by atoms with Gasteiger partial charge in [-0.05, 0) is 24.6 Å². The molecule has 0 aliphatic carbocycles. The van der Waals surface area contributed by atoms with Crippen LogP contribution in [0.1, 0.15) is 12.5 Å². The van der Waals surface area contributed by atoms with Gasteiger partial charge in [0.25, 0.3) is 0 Å². The summed E-state index contributed by atoms with van der Waals surface area (Å²) in [6.07, 6.45) is 0.260. The summed E-state index contributed by atoms with van der Waals surface area (Å²) in [4.78, 5) is 26.0. The van der Waals surface area contributed by atoms with Crippen LogP contribution in [-0.4, -0.2) is 49.1 Å². The molecule has 0 radical (unpaired) electrons. The Labute approximate surface area is 124 Å². The molecule has 1 fully saturated rings. The average molecular weight is 291 g/mol. The second-order valence-electron chi connectivity index (χ2n) is 4.99. The molecule has 1 unspecified atom stereocenters. The zero-order valence-corrected chi connectivity index (χ0v) is 12.2. The molecular formula is C15H21N3O3. The van der Waals surface area contributed by atoms with E-state index in [-0.39, 0.29) is 24.8 Å². The van der Waals surface area contributed by atoms with Gasteiger partial charge in [-0.3, -0.25) is 9.59 Å². The van der Waals surface area contributed by atoms with Crippen LogP contribution in [0.4, 0.5) is 5.69 Å². The topological polar surface area (TPSA) is 84.7 Å². The molecule has 2 rings (SSSR count). The fraction of sp³-hybridized carbons (Fsp3) is 0.467. The van der Waals surface area contributed by atoms with Gasteiger partial charge >= 0.3 is 0 Å². The molecule has 0 bridgehead atoms. The summed E-state index contributed by atoms with van der Waals surface area (Å²) in [5.74, 6) is -0.234. The quantitative estimate of drug-likeness (QED) is 0.775. The molecule has 6 heteroatoms. The van der Waals surface area contributed by atoms with Crippen LogP contribution >= 0.6 is 0 Å². The zero-order valence-electron chi connectivity index (χ0n) is 12.2. The lowest BCUT2D eigenvalue weighted by atomic mass is 10.1. The second-order valence-corrected chi connectivity index (χ2v) is 4.99. The van der Waals surface area contributed by atoms with E-state index in [1.54, 1.807) is 17.0 Å². The average Bonchev–Trinajstić information content (AvgIpc) is 2.50. The highest BCUT2D eigenvalue weighted by Gasteiger charge is 2.32. The Balaban J connectivity index is 2.04. The van der Waals surface area contributed by atoms with Crippen LogP contribution in [-0.2, 0) is 20.7 Å². The van der Waals surface area contributed by atoms with Gasteiger partial charge < -0.3 is 20.7 Å². The first-order chi connectivity index (χ1) is 10.1. The van der Waals surface area contributed by atoms with E-state index in [1.807, 2.05) is 19.1 Å². The van der Waals surface area contributed by atoms with Crippen molar-refractivity contribution in [1.82, 2.24) is 10.2 Å². The minimum absolute atomic E-state index is 0.0701. The van der Waals surface area contributed by atoms with E-state index < -0.39 is 6.04 Å². The number of likely N-dealkylation sites (N-methyl/N-ethyl adjacent to an activating group) is 1. The number of ether oxygens (including phenoxy) is 1. The number of hydrogen-bond acceptors (Lipinski definition) is 4. The van der Waals surface area contributed by atoms with Crippen molar-refractivity contribution in [3.63, 3.8) is 0 Å². The number of hydrogen-bond donors (Lipinski definition) is 2. The minimum atomic E-state index is -0.542. The number of carbonyl (C=O) groups is 2. The maximum Gasteiger partial charge on any atom is 0.245 e. The molecule has 1 aliphatic rings. The minimum Gasteiger partial charge on any atom is -0.399 e. The first-order valence-corrected chi connectivity index (χ1v) is 7.11. The number of nitrogens with one attached hydrogen (secondary N) is 1. The van der Waals surface area contributed by atoms with E-state index in [9.17, 15) is 9.59 Å². The molecule has 0 saturated carbocycles. The number of morpholine rings is 1. The second kappa shape index (κ2) is 7.08. The standard InChI is InChI=1S/C15H21N3O3/c1-2-17-15(20)13-10-21-8-7-18(13)14(19)9-11-3-5-12(16)6-4-11/h3-6,13H,2,7-10,16H2,1H3,(H,17,20). The molecule has 1 aromatic carbocycles. The van der Waals surface area contributed by atoms with Gasteiger partial charge in [-0.25, -0.2) is 0 Å². The number of rotatable bonds is 4. The van der Waals surface area contributed by atoms with Crippen molar-refractivity contribution < 1.29 is 14.3 Å². The summed E-state index contributed by atoms with van der Waals surface area (Å²) in [5, 5.41) is 2.74. The fourth-order valence-corrected chi connectivity index (χ4v) is 2.32. The van der Waals surface area contributed by atoms with E-state index in [0.29, 0.717) is 25.4 Å². The largest absolute Gasteiger partial charge is 0.399 e. The first kappa shape index (κ1) is 15.3. The lowest BCUT2D eigenvalue weighted by molar-refractivity contribution is -0.148. The molecule has 0 aromatic heterocycles. The SMILES string of the molecule is CCNC(=O)C1COCCN1C(=O)Cc1ccc(N)cc1. The Hall–Kier alpha value is -2.08. The molecule has 1 aromatic rings. The predicted octanol–water partition coefficient (Wildman–Crippen LogP) is 0.175. The summed E-state index contributed by atoms with van der Waals surface area (Å²) in [6, 6.07) is 6.65. The third kappa shape index (κ3) is 3.95. The Kier molecular flexibility index (Phi) is 5.16. The van der Waals surface area contributed by atoms with Crippen molar-refractivity contribution in [2.45, 2.75) is 19.4 Å². The summed E-state index contributed by atoms with van der Waals surface area (Å²) >= 11 is 0. The molecule has 21 heavy (non-hydrogen) atoms. The molecule has 1 aliphatic heterocycles. The van der Waals surface area contributed by atoms with Crippen molar-refractivity contribution in [3.05, 3.63) is 29.8 Å². The van der Waals surface area contributed by atoms with Crippen molar-refractivity contribution in [2.24, 2.45) is 0 Å². The van der Waals surface area contributed by atoms with Gasteiger partial charge in [0, 0.05) is 18.8 Å². The van der Waals surface area contributed by atoms with Gasteiger partial charge in [-0.15, -0.1) is 0 Å². The maximum atomic E-state index is 12.4. The Bertz CT molecular complexity index is 501. The molecule has 0 spiro atoms. The fourth-order valence-electron chi connectivity index (χ4n) is 2.32. The monoisotopic (exact) mass is 291 g/mol. The van der Waals surface area contributed by atoms with Crippen LogP contribution in [0.3, 0.4) is 0 Å². The number of nitrogen functional groups attached to an aromatic ring is 1. The van der Waals surface area contributed by atoms with E-state index in [0.717, 1.165) is 5.56 Å². The summed E-state index contributed by atoms with van der Waals surface area (Å²) < 4.78 is 5.32. The molecule has 2 amide bonds. The van der Waals surface area contributed by atoms with Crippen LogP contribution in [0.25, 0.3) is 0 Å². The molecule has 1 saturated heterocycles. The molecule has 6 nitrogen and oxygen atoms in total. The predicted molar refractivity (Wildman–Crippen MR) is 79.6 cm³/mol. The molecule has 1 atom stereocenters. The zero-order chi connectivity index (χ0) is 15.2. The smallest absolute Gasteiger partial charge is 0.245 e. The number of anilines is 1. The lowest BCUT2D eigenvalue weighted by Gasteiger charge is -2.34. The van der Waals surface area contributed by atoms with Crippen LogP contribution < -0.4 is 11.1 Å². The van der Waals surface area contributed by atoms with Crippen LogP contribution in [0, 0.1) is 0 Å². The molecule has 3 N–H and O–H groups in total. The van der Waals surface area contributed by atoms with Crippen molar-refractivity contribution in [1.29, 1.82) is 0 Å². The summed E-state index contributed by atoms with van der Waals surface area (Å²) in [5.41, 5.74) is 7.18. The first-order valence-electron chi connectivity index (χ1n) is 7.11. The van der Waals surface area contributed by atoms with Gasteiger partial charge in [0.2, 0.25) is 11.8 Å². The number of benzene rings is 1. The maximum absolute atomic E-state index is 12.4. The van der Waals surface area contributed by atoms with Gasteiger partial charge in [0.1, 0.15) is 6.04 Å². The highest BCUT2D eigenvalue weighted by atomic mass is 16.5. The highest BCUT2D eigenvalue weighted by Crippen LogP contribution is 2.12. The lowest BCUT2D eigenvalue weighted by Crippen LogP contribution is -2.56. The number of carbonyl (C=O) groups excluding carboxylic acids is 2. The highest BCUT2D eigenvalue weighted by molar-refractivity contribution is 5.88.